The Morgan fingerprint density at radius 2 is 1.50 bits per heavy atom. The Kier molecular flexibility index (Phi) is 8.85. The minimum absolute atomic E-state index is 0.0556. The van der Waals surface area contributed by atoms with Crippen molar-refractivity contribution in [2.45, 2.75) is 32.1 Å². The second-order valence-electron chi connectivity index (χ2n) is 4.14. The van der Waals surface area contributed by atoms with Gasteiger partial charge in [-0.05, 0) is 37.5 Å². The van der Waals surface area contributed by atoms with Crippen LogP contribution in [0, 0.1) is 11.8 Å². The predicted molar refractivity (Wildman–Crippen MR) is 62.1 cm³/mol. The average Bonchev–Trinajstić information content (AvgIpc) is 2.30. The van der Waals surface area contributed by atoms with Gasteiger partial charge in [-0.1, -0.05) is 6.08 Å². The van der Waals surface area contributed by atoms with E-state index in [0.29, 0.717) is 25.0 Å². The molecule has 94 valence electrons. The molecule has 0 atom stereocenters. The van der Waals surface area contributed by atoms with Crippen LogP contribution in [0.4, 0.5) is 0 Å². The number of carboxylic acid groups (broad SMARTS) is 1. The van der Waals surface area contributed by atoms with Crippen LogP contribution >= 0.6 is 0 Å². The van der Waals surface area contributed by atoms with Crippen molar-refractivity contribution < 1.29 is 20.1 Å². The first-order chi connectivity index (χ1) is 7.63. The zero-order valence-corrected chi connectivity index (χ0v) is 9.64. The lowest BCUT2D eigenvalue weighted by atomic mass is 9.83. The minimum atomic E-state index is -0.829. The third-order valence-electron chi connectivity index (χ3n) is 2.80. The van der Waals surface area contributed by atoms with Gasteiger partial charge in [0.1, 0.15) is 0 Å². The maximum atomic E-state index is 9.53. The zero-order valence-electron chi connectivity index (χ0n) is 9.64. The molecule has 0 heterocycles. The highest BCUT2D eigenvalue weighted by Gasteiger charge is 2.19. The van der Waals surface area contributed by atoms with E-state index in [1.165, 1.54) is 6.08 Å². The summed E-state index contributed by atoms with van der Waals surface area (Å²) in [5, 5.41) is 25.4. The lowest BCUT2D eigenvalue weighted by Crippen LogP contribution is -2.19. The molecule has 0 bridgehead atoms. The molecular formula is C12H22O4. The van der Waals surface area contributed by atoms with Gasteiger partial charge in [0.25, 0.3) is 0 Å². The third kappa shape index (κ3) is 7.43. The number of aliphatic hydroxyl groups is 2. The topological polar surface area (TPSA) is 77.8 Å². The van der Waals surface area contributed by atoms with E-state index in [4.69, 9.17) is 15.3 Å². The van der Waals surface area contributed by atoms with Gasteiger partial charge in [0.05, 0.1) is 6.42 Å². The van der Waals surface area contributed by atoms with E-state index in [1.54, 1.807) is 0 Å². The van der Waals surface area contributed by atoms with Crippen LogP contribution in [0.2, 0.25) is 0 Å². The first kappa shape index (κ1) is 15.1. The molecule has 4 heteroatoms. The van der Waals surface area contributed by atoms with Crippen molar-refractivity contribution in [2.24, 2.45) is 11.8 Å². The standard InChI is InChI=1S/C8H16O2.C4H6O2/c9-5-7-1-2-8(6-10)4-3-7;1-2-3-4(5)6/h7-10H,1-6H2;2H,1,3H2,(H,5,6). The van der Waals surface area contributed by atoms with Crippen molar-refractivity contribution in [3.63, 3.8) is 0 Å². The molecule has 0 saturated heterocycles. The lowest BCUT2D eigenvalue weighted by Gasteiger charge is -2.25. The van der Waals surface area contributed by atoms with Crippen molar-refractivity contribution in [1.29, 1.82) is 0 Å². The molecule has 0 radical (unpaired) electrons. The van der Waals surface area contributed by atoms with Crippen LogP contribution < -0.4 is 0 Å². The molecule has 0 aromatic heterocycles. The molecule has 1 saturated carbocycles. The van der Waals surface area contributed by atoms with Gasteiger partial charge in [0, 0.05) is 13.2 Å². The molecule has 0 aliphatic heterocycles. The van der Waals surface area contributed by atoms with Gasteiger partial charge in [-0.2, -0.15) is 0 Å². The smallest absolute Gasteiger partial charge is 0.307 e. The van der Waals surface area contributed by atoms with Gasteiger partial charge in [-0.25, -0.2) is 0 Å². The van der Waals surface area contributed by atoms with E-state index >= 15 is 0 Å². The second-order valence-corrected chi connectivity index (χ2v) is 4.14. The Bertz CT molecular complexity index is 183. The zero-order chi connectivity index (χ0) is 12.4. The molecule has 16 heavy (non-hydrogen) atoms. The normalized spacial score (nSPS) is 24.1. The van der Waals surface area contributed by atoms with E-state index in [-0.39, 0.29) is 6.42 Å². The van der Waals surface area contributed by atoms with Crippen molar-refractivity contribution in [2.75, 3.05) is 13.2 Å². The maximum Gasteiger partial charge on any atom is 0.307 e. The van der Waals surface area contributed by atoms with E-state index in [9.17, 15) is 4.79 Å². The van der Waals surface area contributed by atoms with Crippen LogP contribution in [-0.2, 0) is 4.79 Å². The van der Waals surface area contributed by atoms with Gasteiger partial charge < -0.3 is 15.3 Å². The highest BCUT2D eigenvalue weighted by atomic mass is 16.4. The molecule has 0 unspecified atom stereocenters. The third-order valence-corrected chi connectivity index (χ3v) is 2.80. The Balaban J connectivity index is 0.000000325. The fraction of sp³-hybridized carbons (Fsp3) is 0.750. The van der Waals surface area contributed by atoms with E-state index in [0.717, 1.165) is 25.7 Å². The summed E-state index contributed by atoms with van der Waals surface area (Å²) in [5.41, 5.74) is 0. The van der Waals surface area contributed by atoms with E-state index in [1.807, 2.05) is 0 Å². The van der Waals surface area contributed by atoms with Gasteiger partial charge >= 0.3 is 5.97 Å². The van der Waals surface area contributed by atoms with Gasteiger partial charge in [-0.3, -0.25) is 4.79 Å². The van der Waals surface area contributed by atoms with Gasteiger partial charge in [-0.15, -0.1) is 6.58 Å². The van der Waals surface area contributed by atoms with Crippen molar-refractivity contribution in [3.05, 3.63) is 12.7 Å². The molecule has 0 aromatic rings. The highest BCUT2D eigenvalue weighted by molar-refractivity contribution is 5.68. The number of aliphatic carboxylic acids is 1. The highest BCUT2D eigenvalue weighted by Crippen LogP contribution is 2.27. The Morgan fingerprint density at radius 3 is 1.62 bits per heavy atom. The molecule has 0 spiro atoms. The quantitative estimate of drug-likeness (QED) is 0.638. The summed E-state index contributed by atoms with van der Waals surface area (Å²) in [6.07, 6.45) is 5.80. The Morgan fingerprint density at radius 1 is 1.12 bits per heavy atom. The van der Waals surface area contributed by atoms with Crippen molar-refractivity contribution >= 4 is 5.97 Å². The fourth-order valence-corrected chi connectivity index (χ4v) is 1.72. The summed E-state index contributed by atoms with van der Waals surface area (Å²) in [5.74, 6) is 0.204. The number of hydrogen-bond acceptors (Lipinski definition) is 3. The van der Waals surface area contributed by atoms with Crippen LogP contribution in [0.25, 0.3) is 0 Å². The second kappa shape index (κ2) is 9.36. The molecule has 1 aliphatic rings. The molecule has 3 N–H and O–H groups in total. The van der Waals surface area contributed by atoms with Crippen LogP contribution in [0.1, 0.15) is 32.1 Å². The van der Waals surface area contributed by atoms with Crippen molar-refractivity contribution in [1.82, 2.24) is 0 Å². The molecule has 1 fully saturated rings. The van der Waals surface area contributed by atoms with Crippen LogP contribution in [0.15, 0.2) is 12.7 Å². The van der Waals surface area contributed by atoms with Crippen LogP contribution in [-0.4, -0.2) is 34.5 Å². The molecule has 4 nitrogen and oxygen atoms in total. The molecular weight excluding hydrogens is 208 g/mol. The van der Waals surface area contributed by atoms with Crippen LogP contribution in [0.3, 0.4) is 0 Å². The lowest BCUT2D eigenvalue weighted by molar-refractivity contribution is -0.135. The first-order valence-electron chi connectivity index (χ1n) is 5.68. The fourth-order valence-electron chi connectivity index (χ4n) is 1.72. The maximum absolute atomic E-state index is 9.53. The van der Waals surface area contributed by atoms with Crippen molar-refractivity contribution in [3.8, 4) is 0 Å². The number of hydrogen-bond donors (Lipinski definition) is 3. The van der Waals surface area contributed by atoms with E-state index in [2.05, 4.69) is 6.58 Å². The summed E-state index contributed by atoms with van der Waals surface area (Å²) >= 11 is 0. The average molecular weight is 230 g/mol. The Labute approximate surface area is 96.6 Å². The molecule has 0 aromatic carbocycles. The number of aliphatic hydroxyl groups excluding tert-OH is 2. The summed E-state index contributed by atoms with van der Waals surface area (Å²) in [7, 11) is 0. The largest absolute Gasteiger partial charge is 0.481 e. The predicted octanol–water partition coefficient (Wildman–Crippen LogP) is 1.42. The molecule has 0 amide bonds. The van der Waals surface area contributed by atoms with Gasteiger partial charge in [0.15, 0.2) is 0 Å². The molecule has 1 rings (SSSR count). The number of carboxylic acids is 1. The summed E-state index contributed by atoms with van der Waals surface area (Å²) in [4.78, 5) is 9.53. The SMILES string of the molecule is C=CCC(=O)O.OCC1CCC(CO)CC1. The monoisotopic (exact) mass is 230 g/mol. The van der Waals surface area contributed by atoms with Crippen LogP contribution in [0.5, 0.6) is 0 Å². The first-order valence-corrected chi connectivity index (χ1v) is 5.68. The van der Waals surface area contributed by atoms with Gasteiger partial charge in [0.2, 0.25) is 0 Å². The Hall–Kier alpha value is -0.870. The van der Waals surface area contributed by atoms with E-state index < -0.39 is 5.97 Å². The number of rotatable bonds is 4. The molecule has 1 aliphatic carbocycles. The number of carbonyl (C=O) groups is 1. The summed E-state index contributed by atoms with van der Waals surface area (Å²) in [6.45, 7) is 3.88. The summed E-state index contributed by atoms with van der Waals surface area (Å²) in [6, 6.07) is 0. The summed E-state index contributed by atoms with van der Waals surface area (Å²) < 4.78 is 0. The minimum Gasteiger partial charge on any atom is -0.481 e.